The van der Waals surface area contributed by atoms with Gasteiger partial charge in [0.15, 0.2) is 5.11 Å². The molecule has 1 heterocycles. The number of ether oxygens (including phenoxy) is 1. The van der Waals surface area contributed by atoms with Gasteiger partial charge >= 0.3 is 5.97 Å². The predicted octanol–water partition coefficient (Wildman–Crippen LogP) is 4.60. The van der Waals surface area contributed by atoms with E-state index in [1.54, 1.807) is 11.3 Å². The summed E-state index contributed by atoms with van der Waals surface area (Å²) in [4.78, 5) is 12.3. The summed E-state index contributed by atoms with van der Waals surface area (Å²) in [5, 5.41) is 9.47. The number of nitrogens with one attached hydrogen (secondary N) is 2. The third-order valence-electron chi connectivity index (χ3n) is 4.40. The normalized spacial score (nSPS) is 11.6. The summed E-state index contributed by atoms with van der Waals surface area (Å²) in [5.74, 6) is -0.145. The maximum Gasteiger partial charge on any atom is 0.305 e. The molecule has 146 valence electrons. The lowest BCUT2D eigenvalue weighted by Gasteiger charge is -2.21. The summed E-state index contributed by atoms with van der Waals surface area (Å²) in [6.45, 7) is 2.95. The zero-order chi connectivity index (χ0) is 19.5. The molecule has 1 aromatic heterocycles. The number of hydrogen-bond donors (Lipinski definition) is 2. The van der Waals surface area contributed by atoms with Crippen LogP contribution in [0, 0.1) is 0 Å². The molecule has 2 rings (SSSR count). The molecule has 0 fully saturated rings. The maximum atomic E-state index is 11.1. The second-order valence-corrected chi connectivity index (χ2v) is 7.72. The van der Waals surface area contributed by atoms with Crippen molar-refractivity contribution in [2.75, 3.05) is 13.7 Å². The molecule has 27 heavy (non-hydrogen) atoms. The van der Waals surface area contributed by atoms with Gasteiger partial charge in [-0.05, 0) is 54.1 Å². The molecule has 6 heteroatoms. The Kier molecular flexibility index (Phi) is 9.28. The molecule has 1 atom stereocenters. The highest BCUT2D eigenvalue weighted by atomic mass is 32.1. The minimum absolute atomic E-state index is 0.0511. The monoisotopic (exact) mass is 404 g/mol. The molecule has 0 spiro atoms. The van der Waals surface area contributed by atoms with Gasteiger partial charge in [-0.2, -0.15) is 0 Å². The Morgan fingerprint density at radius 3 is 2.59 bits per heavy atom. The van der Waals surface area contributed by atoms with Gasteiger partial charge in [0.1, 0.15) is 0 Å². The third kappa shape index (κ3) is 7.31. The van der Waals surface area contributed by atoms with E-state index < -0.39 is 0 Å². The third-order valence-corrected chi connectivity index (χ3v) is 5.59. The van der Waals surface area contributed by atoms with Crippen LogP contribution in [0.2, 0.25) is 0 Å². The number of methoxy groups -OCH3 is 1. The molecule has 0 aliphatic heterocycles. The summed E-state index contributed by atoms with van der Waals surface area (Å²) in [6, 6.07) is 12.9. The van der Waals surface area contributed by atoms with Gasteiger partial charge in [-0.3, -0.25) is 4.79 Å². The fraction of sp³-hybridized carbons (Fsp3) is 0.429. The molecular formula is C21H28N2O2S2. The van der Waals surface area contributed by atoms with Gasteiger partial charge in [0.2, 0.25) is 0 Å². The zero-order valence-corrected chi connectivity index (χ0v) is 17.6. The molecule has 0 saturated heterocycles. The molecule has 4 nitrogen and oxygen atoms in total. The van der Waals surface area contributed by atoms with E-state index in [1.165, 1.54) is 23.1 Å². The second kappa shape index (κ2) is 11.7. The van der Waals surface area contributed by atoms with E-state index in [0.29, 0.717) is 11.5 Å². The van der Waals surface area contributed by atoms with Gasteiger partial charge in [-0.15, -0.1) is 11.3 Å². The van der Waals surface area contributed by atoms with Crippen LogP contribution in [0.4, 0.5) is 0 Å². The summed E-state index contributed by atoms with van der Waals surface area (Å²) >= 11 is 7.22. The Bertz CT molecular complexity index is 699. The molecule has 2 N–H and O–H groups in total. The van der Waals surface area contributed by atoms with E-state index in [1.807, 2.05) is 0 Å². The first-order valence-electron chi connectivity index (χ1n) is 9.37. The molecule has 0 saturated carbocycles. The highest BCUT2D eigenvalue weighted by Gasteiger charge is 2.16. The largest absolute Gasteiger partial charge is 0.469 e. The van der Waals surface area contributed by atoms with Crippen molar-refractivity contribution >= 4 is 34.6 Å². The number of hydrogen-bond acceptors (Lipinski definition) is 4. The Morgan fingerprint density at radius 2 is 1.96 bits per heavy atom. The molecule has 0 aliphatic rings. The smallest absolute Gasteiger partial charge is 0.305 e. The van der Waals surface area contributed by atoms with Crippen LogP contribution in [0.25, 0.3) is 0 Å². The lowest BCUT2D eigenvalue weighted by atomic mass is 10.0. The Hall–Kier alpha value is -1.92. The Labute approximate surface area is 171 Å². The number of thiocarbonyl (C=S) groups is 1. The topological polar surface area (TPSA) is 50.4 Å². The number of aryl methyl sites for hydroxylation is 1. The van der Waals surface area contributed by atoms with Crippen LogP contribution in [-0.4, -0.2) is 24.7 Å². The van der Waals surface area contributed by atoms with Crippen molar-refractivity contribution in [2.45, 2.75) is 45.1 Å². The lowest BCUT2D eigenvalue weighted by Crippen LogP contribution is -2.38. The van der Waals surface area contributed by atoms with E-state index in [2.05, 4.69) is 64.1 Å². The zero-order valence-electron chi connectivity index (χ0n) is 16.0. The molecule has 0 radical (unpaired) electrons. The van der Waals surface area contributed by atoms with E-state index >= 15 is 0 Å². The standard InChI is InChI=1S/C21H28N2O2S2/c1-3-16-10-12-17(13-11-16)20(18-8-7-15-27-18)23-21(26)22-14-6-4-5-9-19(24)25-2/h7-8,10-13,15,20H,3-6,9,14H2,1-2H3,(H2,22,23,26)/t20-/m0/s1. The molecule has 0 aliphatic carbocycles. The van der Waals surface area contributed by atoms with Crippen molar-refractivity contribution in [3.63, 3.8) is 0 Å². The number of benzene rings is 1. The van der Waals surface area contributed by atoms with Gasteiger partial charge in [0.25, 0.3) is 0 Å². The van der Waals surface area contributed by atoms with Crippen LogP contribution in [0.5, 0.6) is 0 Å². The lowest BCUT2D eigenvalue weighted by molar-refractivity contribution is -0.140. The summed E-state index contributed by atoms with van der Waals surface area (Å²) in [6.07, 6.45) is 4.29. The molecule has 2 aromatic rings. The van der Waals surface area contributed by atoms with E-state index in [-0.39, 0.29) is 12.0 Å². The van der Waals surface area contributed by atoms with Gasteiger partial charge in [0, 0.05) is 17.8 Å². The number of unbranched alkanes of at least 4 members (excludes halogenated alkanes) is 2. The molecule has 0 amide bonds. The van der Waals surface area contributed by atoms with E-state index in [9.17, 15) is 4.79 Å². The highest BCUT2D eigenvalue weighted by molar-refractivity contribution is 7.80. The SMILES string of the molecule is CCc1ccc([C@H](NC(=S)NCCCCCC(=O)OC)c2cccs2)cc1. The first kappa shape index (κ1) is 21.4. The van der Waals surface area contributed by atoms with Crippen LogP contribution in [-0.2, 0) is 16.0 Å². The number of carbonyl (C=O) groups excluding carboxylic acids is 1. The number of esters is 1. The van der Waals surface area contributed by atoms with Crippen LogP contribution in [0.15, 0.2) is 41.8 Å². The Morgan fingerprint density at radius 1 is 1.19 bits per heavy atom. The minimum Gasteiger partial charge on any atom is -0.469 e. The fourth-order valence-corrected chi connectivity index (χ4v) is 3.80. The average Bonchev–Trinajstić information content (AvgIpc) is 3.23. The van der Waals surface area contributed by atoms with Crippen molar-refractivity contribution in [2.24, 2.45) is 0 Å². The highest BCUT2D eigenvalue weighted by Crippen LogP contribution is 2.26. The minimum atomic E-state index is -0.145. The van der Waals surface area contributed by atoms with Crippen molar-refractivity contribution in [1.29, 1.82) is 0 Å². The molecule has 0 unspecified atom stereocenters. The van der Waals surface area contributed by atoms with Crippen LogP contribution >= 0.6 is 23.6 Å². The second-order valence-electron chi connectivity index (χ2n) is 6.33. The maximum absolute atomic E-state index is 11.1. The van der Waals surface area contributed by atoms with Gasteiger partial charge < -0.3 is 15.4 Å². The van der Waals surface area contributed by atoms with Crippen molar-refractivity contribution < 1.29 is 9.53 Å². The van der Waals surface area contributed by atoms with Crippen molar-refractivity contribution in [3.8, 4) is 0 Å². The quantitative estimate of drug-likeness (QED) is 0.344. The van der Waals surface area contributed by atoms with Crippen LogP contribution in [0.1, 0.15) is 54.7 Å². The average molecular weight is 405 g/mol. The summed E-state index contributed by atoms with van der Waals surface area (Å²) < 4.78 is 4.65. The van der Waals surface area contributed by atoms with Gasteiger partial charge in [0.05, 0.1) is 13.2 Å². The van der Waals surface area contributed by atoms with Crippen LogP contribution in [0.3, 0.4) is 0 Å². The predicted molar refractivity (Wildman–Crippen MR) is 116 cm³/mol. The number of carbonyl (C=O) groups is 1. The van der Waals surface area contributed by atoms with Crippen molar-refractivity contribution in [3.05, 3.63) is 57.8 Å². The fourth-order valence-electron chi connectivity index (χ4n) is 2.78. The molecule has 1 aromatic carbocycles. The number of rotatable bonds is 10. The molecule has 0 bridgehead atoms. The first-order chi connectivity index (χ1) is 13.1. The molecular weight excluding hydrogens is 376 g/mol. The Balaban J connectivity index is 1.84. The first-order valence-corrected chi connectivity index (χ1v) is 10.7. The number of thiophene rings is 1. The van der Waals surface area contributed by atoms with Gasteiger partial charge in [-0.1, -0.05) is 43.7 Å². The van der Waals surface area contributed by atoms with E-state index in [0.717, 1.165) is 32.2 Å². The summed E-state index contributed by atoms with van der Waals surface area (Å²) in [5.41, 5.74) is 2.54. The van der Waals surface area contributed by atoms with E-state index in [4.69, 9.17) is 12.2 Å². The van der Waals surface area contributed by atoms with Gasteiger partial charge in [-0.25, -0.2) is 0 Å². The van der Waals surface area contributed by atoms with Crippen molar-refractivity contribution in [1.82, 2.24) is 10.6 Å². The summed E-state index contributed by atoms with van der Waals surface area (Å²) in [7, 11) is 1.42. The van der Waals surface area contributed by atoms with Crippen LogP contribution < -0.4 is 10.6 Å².